The fraction of sp³-hybridized carbons (Fsp3) is 0. The Morgan fingerprint density at radius 2 is 1.57 bits per heavy atom. The Balaban J connectivity index is 2.29. The van der Waals surface area contributed by atoms with E-state index in [1.807, 2.05) is 48.5 Å². The number of pyridine rings is 1. The second kappa shape index (κ2) is 4.54. The average Bonchev–Trinajstić information content (AvgIpc) is 2.63. The Labute approximate surface area is 125 Å². The van der Waals surface area contributed by atoms with Crippen molar-refractivity contribution in [2.75, 3.05) is 0 Å². The molecule has 0 spiro atoms. The molecule has 0 saturated carbocycles. The highest BCUT2D eigenvalue weighted by atomic mass is 35.5. The third-order valence-corrected chi connectivity index (χ3v) is 3.91. The van der Waals surface area contributed by atoms with Gasteiger partial charge in [-0.2, -0.15) is 0 Å². The van der Waals surface area contributed by atoms with Gasteiger partial charge >= 0.3 is 0 Å². The Bertz CT molecular complexity index is 1070. The highest BCUT2D eigenvalue weighted by Crippen LogP contribution is 2.21. The number of aromatic nitrogens is 1. The van der Waals surface area contributed by atoms with Crippen LogP contribution in [0.3, 0.4) is 0 Å². The number of nitrogens with zero attached hydrogens (tertiary/aromatic N) is 1. The molecule has 0 aliphatic rings. The van der Waals surface area contributed by atoms with Gasteiger partial charge in [0.25, 0.3) is 0 Å². The van der Waals surface area contributed by atoms with Crippen molar-refractivity contribution in [2.45, 2.75) is 0 Å². The van der Waals surface area contributed by atoms with Gasteiger partial charge in [0.15, 0.2) is 5.43 Å². The summed E-state index contributed by atoms with van der Waals surface area (Å²) in [7, 11) is 0. The SMILES string of the molecule is O=c1c2cc(Cl)ccc2ccc2nc3ccccc3cc12. The summed E-state index contributed by atoms with van der Waals surface area (Å²) >= 11 is 6.03. The summed E-state index contributed by atoms with van der Waals surface area (Å²) in [4.78, 5) is 17.4. The van der Waals surface area contributed by atoms with Crippen LogP contribution in [0.5, 0.6) is 0 Å². The molecule has 0 radical (unpaired) electrons. The lowest BCUT2D eigenvalue weighted by Crippen LogP contribution is -1.99. The normalized spacial score (nSPS) is 11.3. The van der Waals surface area contributed by atoms with Gasteiger partial charge in [-0.1, -0.05) is 41.9 Å². The summed E-state index contributed by atoms with van der Waals surface area (Å²) in [5, 5.41) is 3.63. The quantitative estimate of drug-likeness (QED) is 0.475. The van der Waals surface area contributed by atoms with Crippen molar-refractivity contribution in [3.8, 4) is 0 Å². The molecule has 0 aliphatic carbocycles. The zero-order chi connectivity index (χ0) is 14.4. The van der Waals surface area contributed by atoms with Crippen LogP contribution in [-0.2, 0) is 0 Å². The maximum absolute atomic E-state index is 12.8. The van der Waals surface area contributed by atoms with E-state index in [9.17, 15) is 4.79 Å². The van der Waals surface area contributed by atoms with Gasteiger partial charge in [-0.15, -0.1) is 0 Å². The van der Waals surface area contributed by atoms with Gasteiger partial charge in [0.2, 0.25) is 0 Å². The van der Waals surface area contributed by atoms with Crippen molar-refractivity contribution in [1.29, 1.82) is 0 Å². The van der Waals surface area contributed by atoms with Gasteiger partial charge in [-0.3, -0.25) is 4.79 Å². The second-order valence-electron chi connectivity index (χ2n) is 5.01. The monoisotopic (exact) mass is 291 g/mol. The lowest BCUT2D eigenvalue weighted by atomic mass is 10.1. The number of fused-ring (bicyclic) bond motifs is 3. The van der Waals surface area contributed by atoms with Crippen LogP contribution in [-0.4, -0.2) is 4.98 Å². The summed E-state index contributed by atoms with van der Waals surface area (Å²) in [6, 6.07) is 18.9. The molecule has 0 atom stereocenters. The zero-order valence-electron chi connectivity index (χ0n) is 11.0. The van der Waals surface area contributed by atoms with Gasteiger partial charge in [-0.25, -0.2) is 4.98 Å². The first-order valence-electron chi connectivity index (χ1n) is 6.64. The van der Waals surface area contributed by atoms with E-state index in [1.165, 1.54) is 0 Å². The molecule has 2 nitrogen and oxygen atoms in total. The van der Waals surface area contributed by atoms with Crippen LogP contribution in [0.4, 0.5) is 0 Å². The van der Waals surface area contributed by atoms with E-state index < -0.39 is 0 Å². The van der Waals surface area contributed by atoms with E-state index >= 15 is 0 Å². The average molecular weight is 292 g/mol. The number of halogens is 1. The predicted molar refractivity (Wildman–Crippen MR) is 88.0 cm³/mol. The molecule has 21 heavy (non-hydrogen) atoms. The van der Waals surface area contributed by atoms with E-state index in [2.05, 4.69) is 4.98 Å². The summed E-state index contributed by atoms with van der Waals surface area (Å²) in [5.41, 5.74) is 1.55. The molecule has 0 N–H and O–H groups in total. The summed E-state index contributed by atoms with van der Waals surface area (Å²) in [6.45, 7) is 0. The Morgan fingerprint density at radius 1 is 0.762 bits per heavy atom. The molecule has 0 amide bonds. The standard InChI is InChI=1S/C18H10ClNO/c19-13-7-5-11-6-8-17-15(18(21)14(11)10-13)9-12-3-1-2-4-16(12)20-17/h1-10H. The van der Waals surface area contributed by atoms with E-state index in [4.69, 9.17) is 11.6 Å². The Morgan fingerprint density at radius 3 is 2.48 bits per heavy atom. The van der Waals surface area contributed by atoms with Gasteiger partial charge in [0.05, 0.1) is 11.0 Å². The molecule has 1 heterocycles. The summed E-state index contributed by atoms with van der Waals surface area (Å²) in [5.74, 6) is 0. The molecule has 3 heteroatoms. The van der Waals surface area contributed by atoms with Crippen molar-refractivity contribution in [1.82, 2.24) is 4.98 Å². The van der Waals surface area contributed by atoms with Crippen LogP contribution in [0.2, 0.25) is 5.02 Å². The lowest BCUT2D eigenvalue weighted by molar-refractivity contribution is 1.50. The molecular formula is C18H10ClNO. The molecular weight excluding hydrogens is 282 g/mol. The number of benzene rings is 2. The molecule has 3 aromatic carbocycles. The number of rotatable bonds is 0. The lowest BCUT2D eigenvalue weighted by Gasteiger charge is -1.98. The topological polar surface area (TPSA) is 30.0 Å². The molecule has 0 aliphatic heterocycles. The molecule has 0 bridgehead atoms. The fourth-order valence-electron chi connectivity index (χ4n) is 2.62. The van der Waals surface area contributed by atoms with E-state index in [-0.39, 0.29) is 5.43 Å². The molecule has 0 fully saturated rings. The smallest absolute Gasteiger partial charge is 0.195 e. The molecule has 4 aromatic rings. The van der Waals surface area contributed by atoms with Gasteiger partial charge in [-0.05, 0) is 35.7 Å². The Hall–Kier alpha value is -2.45. The number of hydrogen-bond acceptors (Lipinski definition) is 2. The van der Waals surface area contributed by atoms with E-state index in [0.29, 0.717) is 21.3 Å². The number of hydrogen-bond donors (Lipinski definition) is 0. The van der Waals surface area contributed by atoms with Gasteiger partial charge in [0.1, 0.15) is 0 Å². The van der Waals surface area contributed by atoms with Crippen LogP contribution >= 0.6 is 11.6 Å². The van der Waals surface area contributed by atoms with Crippen LogP contribution in [0.25, 0.3) is 32.6 Å². The van der Waals surface area contributed by atoms with Crippen LogP contribution < -0.4 is 5.43 Å². The van der Waals surface area contributed by atoms with Crippen molar-refractivity contribution < 1.29 is 0 Å². The first-order valence-corrected chi connectivity index (χ1v) is 7.02. The van der Waals surface area contributed by atoms with Crippen LogP contribution in [0.15, 0.2) is 65.5 Å². The van der Waals surface area contributed by atoms with Crippen LogP contribution in [0.1, 0.15) is 0 Å². The zero-order valence-corrected chi connectivity index (χ0v) is 11.8. The Kier molecular flexibility index (Phi) is 2.66. The van der Waals surface area contributed by atoms with Crippen molar-refractivity contribution >= 4 is 44.2 Å². The largest absolute Gasteiger partial charge is 0.289 e. The van der Waals surface area contributed by atoms with Crippen molar-refractivity contribution in [3.05, 3.63) is 75.9 Å². The summed E-state index contributed by atoms with van der Waals surface area (Å²) < 4.78 is 0. The molecule has 100 valence electrons. The minimum absolute atomic E-state index is 0.0363. The third kappa shape index (κ3) is 1.96. The van der Waals surface area contributed by atoms with Crippen molar-refractivity contribution in [3.63, 3.8) is 0 Å². The first kappa shape index (κ1) is 12.3. The number of para-hydroxylation sites is 1. The highest BCUT2D eigenvalue weighted by molar-refractivity contribution is 6.31. The highest BCUT2D eigenvalue weighted by Gasteiger charge is 2.05. The van der Waals surface area contributed by atoms with E-state index in [0.717, 1.165) is 16.3 Å². The van der Waals surface area contributed by atoms with Gasteiger partial charge in [0, 0.05) is 21.2 Å². The molecule has 4 rings (SSSR count). The van der Waals surface area contributed by atoms with Crippen molar-refractivity contribution in [2.24, 2.45) is 0 Å². The minimum atomic E-state index is -0.0363. The van der Waals surface area contributed by atoms with Crippen LogP contribution in [0, 0.1) is 0 Å². The summed E-state index contributed by atoms with van der Waals surface area (Å²) in [6.07, 6.45) is 0. The fourth-order valence-corrected chi connectivity index (χ4v) is 2.80. The molecule has 0 unspecified atom stereocenters. The van der Waals surface area contributed by atoms with E-state index in [1.54, 1.807) is 12.1 Å². The second-order valence-corrected chi connectivity index (χ2v) is 5.44. The maximum Gasteiger partial charge on any atom is 0.195 e. The predicted octanol–water partition coefficient (Wildman–Crippen LogP) is 4.55. The van der Waals surface area contributed by atoms with Gasteiger partial charge < -0.3 is 0 Å². The third-order valence-electron chi connectivity index (χ3n) is 3.68. The molecule has 1 aromatic heterocycles. The minimum Gasteiger partial charge on any atom is -0.289 e. The molecule has 0 saturated heterocycles. The first-order chi connectivity index (χ1) is 10.2. The maximum atomic E-state index is 12.8.